The molecule has 2 amide bonds. The van der Waals surface area contributed by atoms with Crippen LogP contribution in [0, 0.1) is 0 Å². The van der Waals surface area contributed by atoms with Crippen molar-refractivity contribution < 1.29 is 24.2 Å². The highest BCUT2D eigenvalue weighted by Crippen LogP contribution is 2.39. The highest BCUT2D eigenvalue weighted by Gasteiger charge is 2.30. The van der Waals surface area contributed by atoms with Gasteiger partial charge in [-0.15, -0.1) is 10.2 Å². The lowest BCUT2D eigenvalue weighted by Gasteiger charge is -2.32. The van der Waals surface area contributed by atoms with Crippen molar-refractivity contribution in [3.63, 3.8) is 0 Å². The maximum absolute atomic E-state index is 13.7. The predicted octanol–water partition coefficient (Wildman–Crippen LogP) is 5.21. The lowest BCUT2D eigenvalue weighted by atomic mass is 9.85. The molecule has 5 aromatic rings. The Morgan fingerprint density at radius 3 is 2.51 bits per heavy atom. The highest BCUT2D eigenvalue weighted by molar-refractivity contribution is 5.89. The van der Waals surface area contributed by atoms with E-state index in [0.717, 1.165) is 105 Å². The molecule has 2 fully saturated rings. The van der Waals surface area contributed by atoms with Crippen LogP contribution in [0.2, 0.25) is 0 Å². The molecule has 2 aliphatic heterocycles. The molecular weight excluding hydrogens is 703 g/mol. The molecule has 1 aliphatic carbocycles. The topological polar surface area (TPSA) is 169 Å². The second-order valence-corrected chi connectivity index (χ2v) is 15.2. The van der Waals surface area contributed by atoms with Gasteiger partial charge in [-0.25, -0.2) is 9.48 Å². The van der Waals surface area contributed by atoms with Crippen LogP contribution in [-0.4, -0.2) is 103 Å². The molecule has 2 atom stereocenters. The lowest BCUT2D eigenvalue weighted by Crippen LogP contribution is -2.38. The number of carbonyl (C=O) groups excluding carboxylic acids is 1. The minimum atomic E-state index is -0.288. The third-order valence-electron chi connectivity index (χ3n) is 10.3. The van der Waals surface area contributed by atoms with Crippen LogP contribution in [0.3, 0.4) is 0 Å². The van der Waals surface area contributed by atoms with Gasteiger partial charge in [-0.2, -0.15) is 10.2 Å². The first-order valence-corrected chi connectivity index (χ1v) is 19.1. The molecule has 3 N–H and O–H groups in total. The summed E-state index contributed by atoms with van der Waals surface area (Å²) in [6.07, 6.45) is 10.7. The minimum absolute atomic E-state index is 0.153. The molecule has 0 saturated carbocycles. The average Bonchev–Trinajstić information content (AvgIpc) is 3.95. The number of nitrogens with one attached hydrogen (secondary N) is 2. The Labute approximate surface area is 320 Å². The fourth-order valence-electron chi connectivity index (χ4n) is 7.42. The van der Waals surface area contributed by atoms with E-state index in [0.29, 0.717) is 5.82 Å². The molecule has 2 saturated heterocycles. The zero-order valence-corrected chi connectivity index (χ0v) is 31.8. The summed E-state index contributed by atoms with van der Waals surface area (Å²) in [5.41, 5.74) is 4.39. The maximum Gasteiger partial charge on any atom is 0.320 e. The van der Waals surface area contributed by atoms with Gasteiger partial charge in [0.25, 0.3) is 6.47 Å². The van der Waals surface area contributed by atoms with Crippen LogP contribution in [-0.2, 0) is 21.5 Å². The predicted molar refractivity (Wildman–Crippen MR) is 207 cm³/mol. The van der Waals surface area contributed by atoms with E-state index in [1.807, 2.05) is 51.8 Å². The number of aromatic nitrogens is 7. The van der Waals surface area contributed by atoms with Crippen LogP contribution in [0.1, 0.15) is 81.8 Å². The number of benzene rings is 1. The summed E-state index contributed by atoms with van der Waals surface area (Å²) in [7, 11) is 0. The fraction of sp³-hybridized carbons (Fsp3) is 0.487. The smallest absolute Gasteiger partial charge is 0.320 e. The Kier molecular flexibility index (Phi) is 11.6. The number of urea groups is 1. The third kappa shape index (κ3) is 8.92. The van der Waals surface area contributed by atoms with Gasteiger partial charge in [-0.3, -0.25) is 24.1 Å². The summed E-state index contributed by atoms with van der Waals surface area (Å²) in [5.74, 6) is 2.23. The number of carbonyl (C=O) groups is 2. The van der Waals surface area contributed by atoms with E-state index in [1.165, 1.54) is 19.3 Å². The lowest BCUT2D eigenvalue weighted by molar-refractivity contribution is -0.122. The van der Waals surface area contributed by atoms with Crippen LogP contribution >= 0.6 is 0 Å². The van der Waals surface area contributed by atoms with Gasteiger partial charge in [-0.05, 0) is 55.4 Å². The summed E-state index contributed by atoms with van der Waals surface area (Å²) in [6.45, 7) is 13.1. The molecule has 0 radical (unpaired) electrons. The van der Waals surface area contributed by atoms with E-state index >= 15 is 0 Å². The van der Waals surface area contributed by atoms with Gasteiger partial charge in [0.1, 0.15) is 23.4 Å². The number of hydrogen-bond donors (Lipinski definition) is 3. The van der Waals surface area contributed by atoms with Gasteiger partial charge in [0, 0.05) is 44.2 Å². The van der Waals surface area contributed by atoms with Crippen molar-refractivity contribution in [2.75, 3.05) is 56.2 Å². The van der Waals surface area contributed by atoms with Crippen LogP contribution < -0.4 is 20.3 Å². The number of hydrogen-bond acceptors (Lipinski definition) is 10. The number of nitrogens with zero attached hydrogens (tertiary/aromatic N) is 9. The van der Waals surface area contributed by atoms with Crippen molar-refractivity contribution in [1.29, 1.82) is 0 Å². The van der Waals surface area contributed by atoms with Crippen LogP contribution in [0.4, 0.5) is 16.6 Å². The number of ether oxygens (including phenoxy) is 2. The van der Waals surface area contributed by atoms with Crippen molar-refractivity contribution in [3.05, 3.63) is 77.9 Å². The quantitative estimate of drug-likeness (QED) is 0.169. The Morgan fingerprint density at radius 1 is 0.982 bits per heavy atom. The molecule has 0 spiro atoms. The number of morpholine rings is 1. The van der Waals surface area contributed by atoms with E-state index in [4.69, 9.17) is 24.5 Å². The Balaban J connectivity index is 0.00000150. The molecule has 1 aromatic carbocycles. The number of anilines is 2. The molecule has 8 rings (SSSR count). The number of pyridine rings is 1. The molecule has 55 heavy (non-hydrogen) atoms. The van der Waals surface area contributed by atoms with Gasteiger partial charge < -0.3 is 24.8 Å². The maximum atomic E-state index is 13.7. The zero-order chi connectivity index (χ0) is 38.4. The van der Waals surface area contributed by atoms with Crippen LogP contribution in [0.15, 0.2) is 61.1 Å². The third-order valence-corrected chi connectivity index (χ3v) is 10.3. The SMILES string of the molecule is CC(C)(C)c1cc(NC(=O)N[C@H]2CC[C@@H](Oc3ccc4nnc(N5CCCCC5)n4c3)c3ccccc32)n(-c2cnn(CCN3CCOCC3)c2)n1.O=CO. The first-order valence-electron chi connectivity index (χ1n) is 19.1. The van der Waals surface area contributed by atoms with Crippen LogP contribution in [0.25, 0.3) is 11.3 Å². The summed E-state index contributed by atoms with van der Waals surface area (Å²) < 4.78 is 17.9. The number of piperidine rings is 1. The Bertz CT molecular complexity index is 2060. The molecule has 0 unspecified atom stereocenters. The number of amides is 2. The summed E-state index contributed by atoms with van der Waals surface area (Å²) in [4.78, 5) is 26.8. The normalized spacial score (nSPS) is 18.9. The Hall–Kier alpha value is -5.48. The highest BCUT2D eigenvalue weighted by atomic mass is 16.5. The van der Waals surface area contributed by atoms with Crippen molar-refractivity contribution in [2.45, 2.75) is 77.0 Å². The largest absolute Gasteiger partial charge is 0.484 e. The first kappa shape index (κ1) is 37.8. The minimum Gasteiger partial charge on any atom is -0.484 e. The van der Waals surface area contributed by atoms with Gasteiger partial charge in [0.15, 0.2) is 5.65 Å². The van der Waals surface area contributed by atoms with Crippen molar-refractivity contribution in [3.8, 4) is 11.4 Å². The van der Waals surface area contributed by atoms with E-state index in [9.17, 15) is 4.79 Å². The van der Waals surface area contributed by atoms with Gasteiger partial charge in [0.05, 0.1) is 50.1 Å². The standard InChI is InChI=1S/C38H49N11O3.CH2O2/c1-38(2,3)33-23-35(49(44-33)27-24-39-47(25-27)18-17-45-19-21-51-22-20-45)41-36(50)40-31-12-13-32(30-10-6-5-9-29(30)31)52-28-11-14-34-42-43-37(48(34)26-28)46-15-7-4-8-16-46;2-1-3/h5-6,9-11,14,23-26,31-32H,4,7-8,12-13,15-22H2,1-3H3,(H2,40,41,50);1H,(H,2,3)/t31-,32+;/m0./s1. The fourth-order valence-corrected chi connectivity index (χ4v) is 7.42. The van der Waals surface area contributed by atoms with E-state index in [-0.39, 0.29) is 30.1 Å². The summed E-state index contributed by atoms with van der Waals surface area (Å²) >= 11 is 0. The summed E-state index contributed by atoms with van der Waals surface area (Å²) in [5, 5.41) is 31.7. The van der Waals surface area contributed by atoms with E-state index < -0.39 is 0 Å². The van der Waals surface area contributed by atoms with Crippen LogP contribution in [0.5, 0.6) is 5.75 Å². The molecule has 4 aromatic heterocycles. The molecule has 292 valence electrons. The first-order chi connectivity index (χ1) is 26.7. The molecular formula is C39H51N11O5. The van der Waals surface area contributed by atoms with E-state index in [2.05, 4.69) is 68.6 Å². The van der Waals surface area contributed by atoms with Crippen molar-refractivity contribution >= 4 is 29.9 Å². The molecule has 16 heteroatoms. The Morgan fingerprint density at radius 2 is 1.75 bits per heavy atom. The zero-order valence-electron chi connectivity index (χ0n) is 31.8. The van der Waals surface area contributed by atoms with Gasteiger partial charge in [0.2, 0.25) is 5.95 Å². The number of fused-ring (bicyclic) bond motifs is 2. The molecule has 0 bridgehead atoms. The molecule has 3 aliphatic rings. The van der Waals surface area contributed by atoms with Crippen molar-refractivity contribution in [2.24, 2.45) is 0 Å². The van der Waals surface area contributed by atoms with Gasteiger partial charge in [-0.1, -0.05) is 45.0 Å². The second-order valence-electron chi connectivity index (χ2n) is 15.2. The molecule has 16 nitrogen and oxygen atoms in total. The average molecular weight is 754 g/mol. The van der Waals surface area contributed by atoms with E-state index in [1.54, 1.807) is 10.9 Å². The number of carboxylic acid groups (broad SMARTS) is 1. The van der Waals surface area contributed by atoms with Gasteiger partial charge >= 0.3 is 6.03 Å². The summed E-state index contributed by atoms with van der Waals surface area (Å²) in [6, 6.07) is 13.6. The number of rotatable bonds is 9. The monoisotopic (exact) mass is 753 g/mol. The van der Waals surface area contributed by atoms with Crippen molar-refractivity contribution in [1.82, 2.24) is 44.4 Å². The molecule has 6 heterocycles. The second kappa shape index (κ2) is 16.9.